The molecule has 0 aromatic carbocycles. The van der Waals surface area contributed by atoms with Gasteiger partial charge in [0, 0.05) is 19.1 Å². The summed E-state index contributed by atoms with van der Waals surface area (Å²) in [5.74, 6) is 0. The van der Waals surface area contributed by atoms with Gasteiger partial charge in [-0.2, -0.15) is 0 Å². The van der Waals surface area contributed by atoms with Crippen molar-refractivity contribution < 1.29 is 0 Å². The summed E-state index contributed by atoms with van der Waals surface area (Å²) in [6.45, 7) is 5.02. The molecule has 0 aliphatic carbocycles. The summed E-state index contributed by atoms with van der Waals surface area (Å²) in [5, 5.41) is 4.62. The summed E-state index contributed by atoms with van der Waals surface area (Å²) < 4.78 is 0. The molecule has 0 spiro atoms. The van der Waals surface area contributed by atoms with E-state index >= 15 is 0 Å². The van der Waals surface area contributed by atoms with Gasteiger partial charge in [-0.05, 0) is 38.8 Å². The molecule has 1 atom stereocenters. The van der Waals surface area contributed by atoms with Gasteiger partial charge in [-0.3, -0.25) is 0 Å². The number of rotatable bonds is 2. The van der Waals surface area contributed by atoms with Crippen molar-refractivity contribution in [2.24, 2.45) is 0 Å². The predicted octanol–water partition coefficient (Wildman–Crippen LogP) is 1.63. The third-order valence-electron chi connectivity index (χ3n) is 3.25. The maximum absolute atomic E-state index is 4.62. The summed E-state index contributed by atoms with van der Waals surface area (Å²) in [7, 11) is 0. The Morgan fingerprint density at radius 1 is 1.00 bits per heavy atom. The van der Waals surface area contributed by atoms with Crippen LogP contribution in [-0.4, -0.2) is 37.1 Å². The Morgan fingerprint density at radius 3 is 2.38 bits per heavy atom. The molecule has 2 heteroatoms. The average molecular weight is 181 g/mol. The second kappa shape index (κ2) is 4.97. The first kappa shape index (κ1) is 9.47. The van der Waals surface area contributed by atoms with Gasteiger partial charge < -0.3 is 4.90 Å². The molecular weight excluding hydrogens is 160 g/mol. The molecule has 1 radical (unpaired) electrons. The number of likely N-dealkylation sites (tertiary alicyclic amines) is 1. The molecule has 0 bridgehead atoms. The van der Waals surface area contributed by atoms with E-state index in [0.717, 1.165) is 6.54 Å². The monoisotopic (exact) mass is 181 g/mol. The van der Waals surface area contributed by atoms with Gasteiger partial charge >= 0.3 is 0 Å². The quantitative estimate of drug-likeness (QED) is 0.633. The van der Waals surface area contributed by atoms with Crippen LogP contribution in [0.4, 0.5) is 0 Å². The van der Waals surface area contributed by atoms with Crippen molar-refractivity contribution in [3.05, 3.63) is 0 Å². The van der Waals surface area contributed by atoms with E-state index in [9.17, 15) is 0 Å². The fraction of sp³-hybridized carbons (Fsp3) is 1.00. The van der Waals surface area contributed by atoms with Crippen LogP contribution in [0, 0.1) is 0 Å². The lowest BCUT2D eigenvalue weighted by molar-refractivity contribution is 0.257. The molecule has 0 aromatic rings. The normalized spacial score (nSPS) is 31.8. The third kappa shape index (κ3) is 2.96. The van der Waals surface area contributed by atoms with Crippen molar-refractivity contribution in [2.75, 3.05) is 26.2 Å². The molecule has 2 heterocycles. The Kier molecular flexibility index (Phi) is 3.62. The van der Waals surface area contributed by atoms with Gasteiger partial charge in [-0.25, -0.2) is 5.32 Å². The lowest BCUT2D eigenvalue weighted by Gasteiger charge is -2.22. The van der Waals surface area contributed by atoms with Crippen LogP contribution >= 0.6 is 0 Å². The molecular formula is C11H21N2. The van der Waals surface area contributed by atoms with E-state index < -0.39 is 0 Å². The minimum atomic E-state index is 0.679. The largest absolute Gasteiger partial charge is 0.302 e. The van der Waals surface area contributed by atoms with Crippen LogP contribution in [-0.2, 0) is 0 Å². The second-order valence-corrected chi connectivity index (χ2v) is 4.42. The van der Waals surface area contributed by atoms with E-state index in [1.807, 2.05) is 0 Å². The van der Waals surface area contributed by atoms with Crippen LogP contribution in [0.1, 0.15) is 38.5 Å². The van der Waals surface area contributed by atoms with Crippen molar-refractivity contribution in [3.8, 4) is 0 Å². The molecule has 2 rings (SSSR count). The maximum atomic E-state index is 4.62. The number of hydrogen-bond acceptors (Lipinski definition) is 1. The van der Waals surface area contributed by atoms with Crippen LogP contribution in [0.2, 0.25) is 0 Å². The van der Waals surface area contributed by atoms with Crippen molar-refractivity contribution in [1.29, 1.82) is 0 Å². The van der Waals surface area contributed by atoms with E-state index in [1.54, 1.807) is 0 Å². The zero-order valence-electron chi connectivity index (χ0n) is 8.54. The SMILES string of the molecule is C1CCCN(CC2CCC[N]2)CC1. The van der Waals surface area contributed by atoms with Gasteiger partial charge in [-0.1, -0.05) is 12.8 Å². The van der Waals surface area contributed by atoms with Gasteiger partial charge in [0.05, 0.1) is 0 Å². The molecule has 0 saturated carbocycles. The Bertz CT molecular complexity index is 133. The van der Waals surface area contributed by atoms with Gasteiger partial charge in [0.25, 0.3) is 0 Å². The highest BCUT2D eigenvalue weighted by atomic mass is 15.2. The van der Waals surface area contributed by atoms with Crippen LogP contribution in [0.15, 0.2) is 0 Å². The van der Waals surface area contributed by atoms with E-state index in [2.05, 4.69) is 10.2 Å². The second-order valence-electron chi connectivity index (χ2n) is 4.42. The molecule has 75 valence electrons. The molecule has 2 nitrogen and oxygen atoms in total. The van der Waals surface area contributed by atoms with Gasteiger partial charge in [0.2, 0.25) is 0 Å². The van der Waals surface area contributed by atoms with Crippen LogP contribution < -0.4 is 5.32 Å². The molecule has 0 aromatic heterocycles. The first-order valence-electron chi connectivity index (χ1n) is 5.84. The lowest BCUT2D eigenvalue weighted by atomic mass is 10.2. The number of nitrogens with zero attached hydrogens (tertiary/aromatic N) is 2. The fourth-order valence-corrected chi connectivity index (χ4v) is 2.46. The van der Waals surface area contributed by atoms with E-state index in [4.69, 9.17) is 0 Å². The van der Waals surface area contributed by atoms with E-state index in [0.29, 0.717) is 6.04 Å². The molecule has 2 saturated heterocycles. The van der Waals surface area contributed by atoms with Gasteiger partial charge in [0.15, 0.2) is 0 Å². The topological polar surface area (TPSA) is 17.3 Å². The smallest absolute Gasteiger partial charge is 0.0373 e. The van der Waals surface area contributed by atoms with Crippen molar-refractivity contribution in [3.63, 3.8) is 0 Å². The third-order valence-corrected chi connectivity index (χ3v) is 3.25. The minimum Gasteiger partial charge on any atom is -0.302 e. The summed E-state index contributed by atoms with van der Waals surface area (Å²) in [6, 6.07) is 0.679. The standard InChI is InChI=1S/C11H21N2/c1-2-4-9-13(8-3-1)10-11-6-5-7-12-11/h11H,1-10H2. The molecule has 13 heavy (non-hydrogen) atoms. The first-order valence-corrected chi connectivity index (χ1v) is 5.84. The highest BCUT2D eigenvalue weighted by molar-refractivity contribution is 4.78. The van der Waals surface area contributed by atoms with Crippen LogP contribution in [0.25, 0.3) is 0 Å². The molecule has 2 aliphatic heterocycles. The van der Waals surface area contributed by atoms with Crippen molar-refractivity contribution in [2.45, 2.75) is 44.6 Å². The van der Waals surface area contributed by atoms with E-state index in [-0.39, 0.29) is 0 Å². The van der Waals surface area contributed by atoms with Crippen molar-refractivity contribution >= 4 is 0 Å². The Morgan fingerprint density at radius 2 is 1.77 bits per heavy atom. The highest BCUT2D eigenvalue weighted by Crippen LogP contribution is 2.13. The lowest BCUT2D eigenvalue weighted by Crippen LogP contribution is -2.35. The predicted molar refractivity (Wildman–Crippen MR) is 54.9 cm³/mol. The summed E-state index contributed by atoms with van der Waals surface area (Å²) in [6.07, 6.45) is 8.38. The first-order chi connectivity index (χ1) is 6.45. The minimum absolute atomic E-state index is 0.679. The Labute approximate surface area is 81.7 Å². The molecule has 2 aliphatic rings. The molecule has 1 unspecified atom stereocenters. The average Bonchev–Trinajstić information content (AvgIpc) is 2.49. The summed E-state index contributed by atoms with van der Waals surface area (Å²) >= 11 is 0. The molecule has 2 fully saturated rings. The zero-order valence-corrected chi connectivity index (χ0v) is 8.54. The Balaban J connectivity index is 1.71. The fourth-order valence-electron chi connectivity index (χ4n) is 2.46. The molecule has 0 amide bonds. The maximum Gasteiger partial charge on any atom is 0.0373 e. The highest BCUT2D eigenvalue weighted by Gasteiger charge is 2.19. The summed E-state index contributed by atoms with van der Waals surface area (Å²) in [5.41, 5.74) is 0. The zero-order chi connectivity index (χ0) is 8.93. The molecule has 0 N–H and O–H groups in total. The number of hydrogen-bond donors (Lipinski definition) is 0. The van der Waals surface area contributed by atoms with Crippen LogP contribution in [0.3, 0.4) is 0 Å². The van der Waals surface area contributed by atoms with Crippen LogP contribution in [0.5, 0.6) is 0 Å². The summed E-state index contributed by atoms with van der Waals surface area (Å²) in [4.78, 5) is 2.63. The Hall–Kier alpha value is -0.0800. The van der Waals surface area contributed by atoms with Gasteiger partial charge in [0.1, 0.15) is 0 Å². The van der Waals surface area contributed by atoms with Gasteiger partial charge in [-0.15, -0.1) is 0 Å². The van der Waals surface area contributed by atoms with Crippen molar-refractivity contribution in [1.82, 2.24) is 10.2 Å². The van der Waals surface area contributed by atoms with E-state index in [1.165, 1.54) is 58.2 Å².